The first-order valence-electron chi connectivity index (χ1n) is 6.91. The van der Waals surface area contributed by atoms with Crippen molar-refractivity contribution in [3.8, 4) is 0 Å². The van der Waals surface area contributed by atoms with Crippen molar-refractivity contribution < 1.29 is 24.2 Å². The van der Waals surface area contributed by atoms with Crippen molar-refractivity contribution in [3.63, 3.8) is 0 Å². The Morgan fingerprint density at radius 1 is 1.52 bits per heavy atom. The number of ether oxygens (including phenoxy) is 1. The maximum absolute atomic E-state index is 12.1. The number of aliphatic hydroxyl groups excluding tert-OH is 1. The molecule has 0 aliphatic carbocycles. The van der Waals surface area contributed by atoms with Crippen LogP contribution in [0, 0.1) is 0 Å². The summed E-state index contributed by atoms with van der Waals surface area (Å²) in [5.41, 5.74) is -0.950. The third kappa shape index (κ3) is 4.15. The molecule has 0 aromatic rings. The molecule has 21 heavy (non-hydrogen) atoms. The van der Waals surface area contributed by atoms with Crippen molar-refractivity contribution in [2.24, 2.45) is 0 Å². The zero-order valence-corrected chi connectivity index (χ0v) is 12.6. The number of aliphatic hydroxyl groups is 1. The average molecular weight is 301 g/mol. The molecular formula is C13H23N3O5. The van der Waals surface area contributed by atoms with Gasteiger partial charge in [0, 0.05) is 13.7 Å². The van der Waals surface area contributed by atoms with Gasteiger partial charge in [0.15, 0.2) is 0 Å². The number of nitrogens with one attached hydrogen (secondary N) is 2. The Morgan fingerprint density at radius 3 is 2.67 bits per heavy atom. The summed E-state index contributed by atoms with van der Waals surface area (Å²) in [5.74, 6) is -0.870. The summed E-state index contributed by atoms with van der Waals surface area (Å²) in [6.45, 7) is 3.23. The number of rotatable bonds is 8. The molecule has 2 unspecified atom stereocenters. The summed E-state index contributed by atoms with van der Waals surface area (Å²) in [4.78, 5) is 36.8. The lowest BCUT2D eigenvalue weighted by atomic mass is 9.99. The quantitative estimate of drug-likeness (QED) is 0.510. The zero-order chi connectivity index (χ0) is 16.0. The van der Waals surface area contributed by atoms with E-state index in [1.807, 2.05) is 0 Å². The fourth-order valence-corrected chi connectivity index (χ4v) is 2.10. The van der Waals surface area contributed by atoms with Gasteiger partial charge >= 0.3 is 6.03 Å². The van der Waals surface area contributed by atoms with E-state index in [1.165, 1.54) is 7.11 Å². The molecule has 3 N–H and O–H groups in total. The molecule has 0 spiro atoms. The smallest absolute Gasteiger partial charge is 0.325 e. The van der Waals surface area contributed by atoms with E-state index in [2.05, 4.69) is 10.6 Å². The maximum Gasteiger partial charge on any atom is 0.325 e. The maximum atomic E-state index is 12.1. The van der Waals surface area contributed by atoms with E-state index in [9.17, 15) is 14.4 Å². The predicted octanol–water partition coefficient (Wildman–Crippen LogP) is -0.779. The van der Waals surface area contributed by atoms with Crippen LogP contribution in [0.3, 0.4) is 0 Å². The van der Waals surface area contributed by atoms with Crippen molar-refractivity contribution in [3.05, 3.63) is 0 Å². The molecule has 0 radical (unpaired) electrons. The summed E-state index contributed by atoms with van der Waals surface area (Å²) in [7, 11) is 1.49. The average Bonchev–Trinajstić information content (AvgIpc) is 2.64. The second kappa shape index (κ2) is 7.37. The molecule has 1 fully saturated rings. The lowest BCUT2D eigenvalue weighted by molar-refractivity contribution is -0.135. The third-order valence-electron chi connectivity index (χ3n) is 3.56. The van der Waals surface area contributed by atoms with Crippen LogP contribution in [0.25, 0.3) is 0 Å². The van der Waals surface area contributed by atoms with Crippen LogP contribution in [-0.2, 0) is 14.3 Å². The minimum absolute atomic E-state index is 0.0919. The second-order valence-corrected chi connectivity index (χ2v) is 5.24. The van der Waals surface area contributed by atoms with Crippen molar-refractivity contribution in [2.45, 2.75) is 38.3 Å². The van der Waals surface area contributed by atoms with E-state index in [0.717, 1.165) is 4.90 Å². The number of imide groups is 1. The molecule has 0 aromatic heterocycles. The van der Waals surface area contributed by atoms with E-state index in [4.69, 9.17) is 9.84 Å². The molecule has 2 atom stereocenters. The second-order valence-electron chi connectivity index (χ2n) is 5.24. The SMILES string of the molecule is CCC1(C)NC(=O)N(CC(=O)NC(CCO)COC)C1=O. The Bertz CT molecular complexity index is 409. The number of hydrogen-bond donors (Lipinski definition) is 3. The Hall–Kier alpha value is -1.67. The van der Waals surface area contributed by atoms with Crippen molar-refractivity contribution >= 4 is 17.8 Å². The highest BCUT2D eigenvalue weighted by molar-refractivity contribution is 6.08. The minimum Gasteiger partial charge on any atom is -0.396 e. The van der Waals surface area contributed by atoms with Crippen LogP contribution in [0.4, 0.5) is 4.79 Å². The van der Waals surface area contributed by atoms with Crippen molar-refractivity contribution in [1.29, 1.82) is 0 Å². The van der Waals surface area contributed by atoms with Crippen LogP contribution in [0.15, 0.2) is 0 Å². The highest BCUT2D eigenvalue weighted by Gasteiger charge is 2.47. The van der Waals surface area contributed by atoms with Gasteiger partial charge in [0.2, 0.25) is 5.91 Å². The number of carbonyl (C=O) groups is 3. The standard InChI is InChI=1S/C13H23N3O5/c1-4-13(2)11(19)16(12(20)15-13)7-10(18)14-9(5-6-17)8-21-3/h9,17H,4-8H2,1-3H3,(H,14,18)(H,15,20). The number of hydrogen-bond acceptors (Lipinski definition) is 5. The van der Waals surface area contributed by atoms with Gasteiger partial charge in [0.25, 0.3) is 5.91 Å². The van der Waals surface area contributed by atoms with Gasteiger partial charge in [-0.2, -0.15) is 0 Å². The van der Waals surface area contributed by atoms with E-state index < -0.39 is 23.4 Å². The van der Waals surface area contributed by atoms with E-state index in [-0.39, 0.29) is 25.8 Å². The topological polar surface area (TPSA) is 108 Å². The number of carbonyl (C=O) groups excluding carboxylic acids is 3. The predicted molar refractivity (Wildman–Crippen MR) is 74.5 cm³/mol. The number of urea groups is 1. The van der Waals surface area contributed by atoms with Crippen LogP contribution >= 0.6 is 0 Å². The van der Waals surface area contributed by atoms with Crippen LogP contribution in [0.5, 0.6) is 0 Å². The largest absolute Gasteiger partial charge is 0.396 e. The zero-order valence-electron chi connectivity index (χ0n) is 12.6. The molecule has 8 nitrogen and oxygen atoms in total. The molecule has 4 amide bonds. The Balaban J connectivity index is 2.62. The summed E-state index contributed by atoms with van der Waals surface area (Å²) in [5, 5.41) is 14.1. The molecular weight excluding hydrogens is 278 g/mol. The van der Waals surface area contributed by atoms with E-state index in [1.54, 1.807) is 13.8 Å². The summed E-state index contributed by atoms with van der Waals surface area (Å²) < 4.78 is 4.93. The monoisotopic (exact) mass is 301 g/mol. The first kappa shape index (κ1) is 17.4. The number of nitrogens with zero attached hydrogens (tertiary/aromatic N) is 1. The van der Waals surface area contributed by atoms with Crippen LogP contribution in [-0.4, -0.2) is 66.3 Å². The molecule has 1 aliphatic rings. The molecule has 0 aromatic carbocycles. The Morgan fingerprint density at radius 2 is 2.19 bits per heavy atom. The first-order chi connectivity index (χ1) is 9.87. The normalized spacial score (nSPS) is 23.1. The van der Waals surface area contributed by atoms with Crippen LogP contribution in [0.1, 0.15) is 26.7 Å². The fraction of sp³-hybridized carbons (Fsp3) is 0.769. The van der Waals surface area contributed by atoms with Crippen molar-refractivity contribution in [2.75, 3.05) is 26.9 Å². The number of methoxy groups -OCH3 is 1. The molecule has 0 saturated carbocycles. The molecule has 1 saturated heterocycles. The van der Waals surface area contributed by atoms with Crippen LogP contribution in [0.2, 0.25) is 0 Å². The Labute approximate surface area is 123 Å². The summed E-state index contributed by atoms with van der Waals surface area (Å²) >= 11 is 0. The Kier molecular flexibility index (Phi) is 6.10. The summed E-state index contributed by atoms with van der Waals surface area (Å²) in [6, 6.07) is -0.921. The van der Waals surface area contributed by atoms with Crippen LogP contribution < -0.4 is 10.6 Å². The molecule has 1 rings (SSSR count). The minimum atomic E-state index is -0.950. The van der Waals surface area contributed by atoms with Gasteiger partial charge in [-0.1, -0.05) is 6.92 Å². The number of amides is 4. The highest BCUT2D eigenvalue weighted by Crippen LogP contribution is 2.20. The highest BCUT2D eigenvalue weighted by atomic mass is 16.5. The van der Waals surface area contributed by atoms with E-state index >= 15 is 0 Å². The van der Waals surface area contributed by atoms with Gasteiger partial charge in [-0.05, 0) is 19.8 Å². The lowest BCUT2D eigenvalue weighted by Crippen LogP contribution is -2.47. The summed E-state index contributed by atoms with van der Waals surface area (Å²) in [6.07, 6.45) is 0.791. The molecule has 8 heteroatoms. The molecule has 0 bridgehead atoms. The molecule has 1 aliphatic heterocycles. The molecule has 120 valence electrons. The van der Waals surface area contributed by atoms with Gasteiger partial charge in [-0.15, -0.1) is 0 Å². The molecule has 1 heterocycles. The third-order valence-corrected chi connectivity index (χ3v) is 3.56. The van der Waals surface area contributed by atoms with E-state index in [0.29, 0.717) is 12.8 Å². The van der Waals surface area contributed by atoms with Gasteiger partial charge in [0.05, 0.1) is 12.6 Å². The first-order valence-corrected chi connectivity index (χ1v) is 6.91. The fourth-order valence-electron chi connectivity index (χ4n) is 2.10. The lowest BCUT2D eigenvalue weighted by Gasteiger charge is -2.20. The van der Waals surface area contributed by atoms with Gasteiger partial charge in [0.1, 0.15) is 12.1 Å². The van der Waals surface area contributed by atoms with Crippen molar-refractivity contribution in [1.82, 2.24) is 15.5 Å². The van der Waals surface area contributed by atoms with Gasteiger partial charge in [-0.3, -0.25) is 14.5 Å². The van der Waals surface area contributed by atoms with Gasteiger partial charge < -0.3 is 20.5 Å². The van der Waals surface area contributed by atoms with Gasteiger partial charge in [-0.25, -0.2) is 4.79 Å².